The van der Waals surface area contributed by atoms with Crippen molar-refractivity contribution in [2.75, 3.05) is 50.6 Å². The van der Waals surface area contributed by atoms with Gasteiger partial charge in [0.25, 0.3) is 0 Å². The molecule has 1 aliphatic rings. The summed E-state index contributed by atoms with van der Waals surface area (Å²) in [5, 5.41) is 7.79. The molecule has 4 rings (SSSR count). The molecule has 0 radical (unpaired) electrons. The number of likely N-dealkylation sites (tertiary alicyclic amines) is 1. The highest BCUT2D eigenvalue weighted by atomic mass is 19.4. The van der Waals surface area contributed by atoms with E-state index >= 15 is 0 Å². The summed E-state index contributed by atoms with van der Waals surface area (Å²) in [4.78, 5) is 18.3. The molecule has 1 atom stereocenters. The van der Waals surface area contributed by atoms with Gasteiger partial charge in [-0.05, 0) is 51.6 Å². The van der Waals surface area contributed by atoms with Crippen molar-refractivity contribution in [2.24, 2.45) is 0 Å². The lowest BCUT2D eigenvalue weighted by Crippen LogP contribution is -2.35. The van der Waals surface area contributed by atoms with Gasteiger partial charge in [-0.2, -0.15) is 23.3 Å². The fourth-order valence-electron chi connectivity index (χ4n) is 4.08. The van der Waals surface area contributed by atoms with Gasteiger partial charge < -0.3 is 19.9 Å². The van der Waals surface area contributed by atoms with Crippen LogP contribution in [0.5, 0.6) is 0 Å². The number of nitrogens with one attached hydrogen (secondary N) is 1. The fourth-order valence-corrected chi connectivity index (χ4v) is 4.08. The summed E-state index contributed by atoms with van der Waals surface area (Å²) in [6.45, 7) is 4.38. The van der Waals surface area contributed by atoms with Gasteiger partial charge in [0.1, 0.15) is 23.5 Å². The first kappa shape index (κ1) is 24.1. The topological polar surface area (TPSA) is 84.2 Å². The van der Waals surface area contributed by atoms with Crippen molar-refractivity contribution in [1.82, 2.24) is 29.6 Å². The van der Waals surface area contributed by atoms with Crippen LogP contribution in [-0.2, 0) is 11.3 Å². The minimum atomic E-state index is -4.37. The summed E-state index contributed by atoms with van der Waals surface area (Å²) >= 11 is 0. The number of nitrogens with zero attached hydrogens (tertiary/aromatic N) is 7. The maximum atomic E-state index is 12.5. The molecule has 1 unspecified atom stereocenters. The van der Waals surface area contributed by atoms with Gasteiger partial charge in [0, 0.05) is 25.8 Å². The van der Waals surface area contributed by atoms with Crippen LogP contribution in [0.4, 0.5) is 30.8 Å². The highest BCUT2D eigenvalue weighted by Crippen LogP contribution is 2.29. The summed E-state index contributed by atoms with van der Waals surface area (Å²) in [6, 6.07) is 4.06. The largest absolute Gasteiger partial charge is 0.411 e. The number of aryl methyl sites for hydroxylation is 2. The van der Waals surface area contributed by atoms with Crippen LogP contribution >= 0.6 is 0 Å². The predicted molar refractivity (Wildman–Crippen MR) is 123 cm³/mol. The Kier molecular flexibility index (Phi) is 6.89. The van der Waals surface area contributed by atoms with E-state index in [2.05, 4.69) is 32.2 Å². The average Bonchev–Trinajstić information content (AvgIpc) is 3.33. The van der Waals surface area contributed by atoms with Crippen LogP contribution in [-0.4, -0.2) is 82.2 Å². The maximum Gasteiger partial charge on any atom is 0.411 e. The number of hydrogen-bond acceptors (Lipinski definition) is 8. The Morgan fingerprint density at radius 3 is 2.74 bits per heavy atom. The zero-order valence-corrected chi connectivity index (χ0v) is 19.7. The van der Waals surface area contributed by atoms with Gasteiger partial charge in [0.2, 0.25) is 5.95 Å². The van der Waals surface area contributed by atoms with Crippen LogP contribution in [0.25, 0.3) is 11.0 Å². The first-order valence-electron chi connectivity index (χ1n) is 11.1. The van der Waals surface area contributed by atoms with Crippen molar-refractivity contribution in [3.05, 3.63) is 29.6 Å². The molecule has 0 saturated carbocycles. The lowest BCUT2D eigenvalue weighted by molar-refractivity contribution is -0.174. The zero-order valence-electron chi connectivity index (χ0n) is 19.7. The highest BCUT2D eigenvalue weighted by molar-refractivity contribution is 5.90. The number of alkyl halides is 3. The van der Waals surface area contributed by atoms with Crippen LogP contribution in [0.1, 0.15) is 17.7 Å². The SMILES string of the molecule is Cc1ccnc(Nc2nc(N(C)C3CCN(C)C3)nc3c(C)nn(CCOCC(F)(F)F)c23)c1. The number of likely N-dealkylation sites (N-methyl/N-ethyl adjacent to an activating group) is 2. The van der Waals surface area contributed by atoms with Crippen LogP contribution in [0.15, 0.2) is 18.3 Å². The van der Waals surface area contributed by atoms with E-state index in [9.17, 15) is 13.2 Å². The summed E-state index contributed by atoms with van der Waals surface area (Å²) < 4.78 is 43.8. The van der Waals surface area contributed by atoms with Crippen LogP contribution in [0, 0.1) is 13.8 Å². The third-order valence-corrected chi connectivity index (χ3v) is 5.85. The van der Waals surface area contributed by atoms with Crippen molar-refractivity contribution < 1.29 is 17.9 Å². The smallest absolute Gasteiger partial charge is 0.370 e. The zero-order chi connectivity index (χ0) is 24.5. The Morgan fingerprint density at radius 1 is 1.26 bits per heavy atom. The fraction of sp³-hybridized carbons (Fsp3) is 0.545. The maximum absolute atomic E-state index is 12.5. The van der Waals surface area contributed by atoms with Crippen molar-refractivity contribution in [3.8, 4) is 0 Å². The second-order valence-electron chi connectivity index (χ2n) is 8.70. The average molecular weight is 479 g/mol. The number of pyridine rings is 1. The lowest BCUT2D eigenvalue weighted by Gasteiger charge is -2.25. The third kappa shape index (κ3) is 5.55. The first-order valence-corrected chi connectivity index (χ1v) is 11.1. The van der Waals surface area contributed by atoms with E-state index in [0.717, 1.165) is 25.1 Å². The Labute approximate surface area is 195 Å². The summed E-state index contributed by atoms with van der Waals surface area (Å²) in [5.41, 5.74) is 2.91. The van der Waals surface area contributed by atoms with Crippen LogP contribution in [0.2, 0.25) is 0 Å². The predicted octanol–water partition coefficient (Wildman–Crippen LogP) is 3.30. The molecule has 1 fully saturated rings. The molecule has 0 amide bonds. The summed E-state index contributed by atoms with van der Waals surface area (Å²) in [7, 11) is 4.06. The van der Waals surface area contributed by atoms with Gasteiger partial charge in [-0.3, -0.25) is 4.68 Å². The number of aromatic nitrogens is 5. The number of halogens is 3. The number of ether oxygens (including phenoxy) is 1. The first-order chi connectivity index (χ1) is 16.1. The number of anilines is 3. The van der Waals surface area contributed by atoms with Crippen molar-refractivity contribution in [1.29, 1.82) is 0 Å². The molecule has 0 bridgehead atoms. The molecule has 184 valence electrons. The van der Waals surface area contributed by atoms with E-state index in [1.807, 2.05) is 33.0 Å². The van der Waals surface area contributed by atoms with Gasteiger partial charge in [0.05, 0.1) is 18.8 Å². The van der Waals surface area contributed by atoms with Crippen LogP contribution < -0.4 is 10.2 Å². The molecule has 3 aromatic rings. The third-order valence-electron chi connectivity index (χ3n) is 5.85. The Balaban J connectivity index is 1.70. The van der Waals surface area contributed by atoms with Crippen LogP contribution in [0.3, 0.4) is 0 Å². The van der Waals surface area contributed by atoms with Gasteiger partial charge in [0.15, 0.2) is 5.82 Å². The molecule has 9 nitrogen and oxygen atoms in total. The molecule has 0 spiro atoms. The highest BCUT2D eigenvalue weighted by Gasteiger charge is 2.28. The molecule has 1 aliphatic heterocycles. The monoisotopic (exact) mass is 478 g/mol. The lowest BCUT2D eigenvalue weighted by atomic mass is 10.2. The van der Waals surface area contributed by atoms with Gasteiger partial charge in [-0.25, -0.2) is 9.97 Å². The standard InChI is InChI=1S/C22H29F3N8O/c1-14-5-7-26-17(11-14)27-20-19-18(15(2)30-33(19)9-10-34-13-22(23,24)25)28-21(29-20)32(4)16-6-8-31(3)12-16/h5,7,11,16H,6,8-10,12-13H2,1-4H3,(H,26,27,28,29). The second-order valence-corrected chi connectivity index (χ2v) is 8.70. The van der Waals surface area contributed by atoms with E-state index in [1.54, 1.807) is 10.9 Å². The van der Waals surface area contributed by atoms with E-state index in [1.165, 1.54) is 0 Å². The molecular formula is C22H29F3N8O. The molecule has 3 aromatic heterocycles. The van der Waals surface area contributed by atoms with Crippen molar-refractivity contribution in [3.63, 3.8) is 0 Å². The normalized spacial score (nSPS) is 17.0. The molecule has 12 heteroatoms. The van der Waals surface area contributed by atoms with E-state index in [-0.39, 0.29) is 19.2 Å². The molecule has 0 aliphatic carbocycles. The molecule has 1 N–H and O–H groups in total. The molecule has 4 heterocycles. The number of fused-ring (bicyclic) bond motifs is 1. The minimum absolute atomic E-state index is 0.127. The van der Waals surface area contributed by atoms with E-state index in [0.29, 0.717) is 34.3 Å². The Hall–Kier alpha value is -2.99. The van der Waals surface area contributed by atoms with Crippen molar-refractivity contribution in [2.45, 2.75) is 39.0 Å². The Bertz CT molecular complexity index is 1150. The molecule has 34 heavy (non-hydrogen) atoms. The van der Waals surface area contributed by atoms with E-state index in [4.69, 9.17) is 14.7 Å². The van der Waals surface area contributed by atoms with E-state index < -0.39 is 12.8 Å². The molecule has 0 aromatic carbocycles. The summed E-state index contributed by atoms with van der Waals surface area (Å²) in [6.07, 6.45) is -1.67. The quantitative estimate of drug-likeness (QED) is 0.494. The van der Waals surface area contributed by atoms with Gasteiger partial charge in [-0.1, -0.05) is 0 Å². The molecular weight excluding hydrogens is 449 g/mol. The number of hydrogen-bond donors (Lipinski definition) is 1. The number of rotatable bonds is 8. The second kappa shape index (κ2) is 9.71. The minimum Gasteiger partial charge on any atom is -0.370 e. The molecule has 1 saturated heterocycles. The van der Waals surface area contributed by atoms with Crippen molar-refractivity contribution >= 4 is 28.6 Å². The Morgan fingerprint density at radius 2 is 2.06 bits per heavy atom. The summed E-state index contributed by atoms with van der Waals surface area (Å²) in [5.74, 6) is 1.65. The van der Waals surface area contributed by atoms with Gasteiger partial charge >= 0.3 is 6.18 Å². The van der Waals surface area contributed by atoms with Gasteiger partial charge in [-0.15, -0.1) is 0 Å².